The van der Waals surface area contributed by atoms with Gasteiger partial charge in [0.2, 0.25) is 5.82 Å². The minimum Gasteiger partial charge on any atom is -0.328 e. The zero-order chi connectivity index (χ0) is 21.4. The van der Waals surface area contributed by atoms with Crippen molar-refractivity contribution in [2.45, 2.75) is 6.54 Å². The van der Waals surface area contributed by atoms with Gasteiger partial charge in [-0.05, 0) is 36.4 Å². The van der Waals surface area contributed by atoms with Crippen LogP contribution < -0.4 is 10.2 Å². The second-order valence-corrected chi connectivity index (χ2v) is 10.1. The third kappa shape index (κ3) is 3.89. The average Bonchev–Trinajstić information content (AvgIpc) is 3.14. The monoisotopic (exact) mass is 436 g/mol. The van der Waals surface area contributed by atoms with Crippen LogP contribution in [0.25, 0.3) is 16.4 Å². The van der Waals surface area contributed by atoms with Crippen LogP contribution in [0.2, 0.25) is 0 Å². The lowest BCUT2D eigenvalue weighted by molar-refractivity contribution is -0.910. The Hall–Kier alpha value is -3.30. The number of benzene rings is 1. The summed E-state index contributed by atoms with van der Waals surface area (Å²) in [6, 6.07) is 15.1. The van der Waals surface area contributed by atoms with E-state index in [1.165, 1.54) is 0 Å². The van der Waals surface area contributed by atoms with E-state index >= 15 is 0 Å². The number of sulfone groups is 1. The Bertz CT molecular complexity index is 1380. The molecule has 158 valence electrons. The number of aromatic nitrogens is 3. The van der Waals surface area contributed by atoms with Crippen LogP contribution in [0.3, 0.4) is 0 Å². The molecule has 0 spiro atoms. The number of amides is 1. The second-order valence-electron chi connectivity index (χ2n) is 7.75. The number of carbonyl (C=O) groups is 1. The van der Waals surface area contributed by atoms with Crippen LogP contribution in [0.5, 0.6) is 0 Å². The number of nitrogens with one attached hydrogen (secondary N) is 2. The van der Waals surface area contributed by atoms with E-state index in [1.54, 1.807) is 10.6 Å². The summed E-state index contributed by atoms with van der Waals surface area (Å²) >= 11 is 0. The normalized spacial score (nSPS) is 16.5. The molecule has 31 heavy (non-hydrogen) atoms. The number of rotatable bonds is 4. The molecule has 0 bridgehead atoms. The van der Waals surface area contributed by atoms with Crippen LogP contribution in [0.4, 0.5) is 5.69 Å². The standard InChI is InChI=1S/C22H21N5O3S/c28-22(25-18-7-3-6-17-16(18)5-4-9-23-17)21-24-19(20-8-1-2-10-27(20)21)15-26-11-13-31(29,30)14-12-26/h1-10H,11-15H2,(H,25,28)/p+1. The molecule has 1 amide bonds. The highest BCUT2D eigenvalue weighted by Gasteiger charge is 2.27. The number of pyridine rings is 2. The van der Waals surface area contributed by atoms with Crippen molar-refractivity contribution in [3.05, 3.63) is 72.4 Å². The molecule has 0 radical (unpaired) electrons. The van der Waals surface area contributed by atoms with Gasteiger partial charge in [0.05, 0.1) is 41.3 Å². The second kappa shape index (κ2) is 7.75. The Morgan fingerprint density at radius 2 is 1.90 bits per heavy atom. The van der Waals surface area contributed by atoms with Crippen molar-refractivity contribution in [2.24, 2.45) is 0 Å². The van der Waals surface area contributed by atoms with Gasteiger partial charge in [-0.1, -0.05) is 12.1 Å². The summed E-state index contributed by atoms with van der Waals surface area (Å²) in [5.41, 5.74) is 3.13. The van der Waals surface area contributed by atoms with Gasteiger partial charge in [-0.15, -0.1) is 0 Å². The fourth-order valence-corrected chi connectivity index (χ4v) is 5.43. The Morgan fingerprint density at radius 1 is 1.06 bits per heavy atom. The predicted octanol–water partition coefficient (Wildman–Crippen LogP) is 0.948. The molecule has 1 aromatic carbocycles. The summed E-state index contributed by atoms with van der Waals surface area (Å²) < 4.78 is 25.2. The number of quaternary nitrogens is 1. The van der Waals surface area contributed by atoms with Crippen LogP contribution in [-0.4, -0.2) is 53.3 Å². The fourth-order valence-electron chi connectivity index (χ4n) is 4.02. The third-order valence-electron chi connectivity index (χ3n) is 5.67. The van der Waals surface area contributed by atoms with Gasteiger partial charge in [0.1, 0.15) is 12.2 Å². The number of hydrogen-bond donors (Lipinski definition) is 2. The van der Waals surface area contributed by atoms with Crippen LogP contribution in [0, 0.1) is 0 Å². The van der Waals surface area contributed by atoms with Gasteiger partial charge in [-0.3, -0.25) is 14.2 Å². The van der Waals surface area contributed by atoms with E-state index in [2.05, 4.69) is 15.3 Å². The van der Waals surface area contributed by atoms with Crippen LogP contribution in [0.15, 0.2) is 60.9 Å². The zero-order valence-corrected chi connectivity index (χ0v) is 17.6. The van der Waals surface area contributed by atoms with E-state index < -0.39 is 9.84 Å². The minimum atomic E-state index is -2.93. The molecular formula is C22H22N5O3S+. The van der Waals surface area contributed by atoms with Gasteiger partial charge in [0.15, 0.2) is 9.84 Å². The molecule has 0 unspecified atom stereocenters. The molecule has 3 aromatic heterocycles. The molecule has 0 aliphatic carbocycles. The van der Waals surface area contributed by atoms with Gasteiger partial charge in [-0.25, -0.2) is 13.4 Å². The first-order chi connectivity index (χ1) is 15.0. The largest absolute Gasteiger partial charge is 0.328 e. The molecule has 1 aliphatic heterocycles. The van der Waals surface area contributed by atoms with Crippen molar-refractivity contribution in [1.29, 1.82) is 0 Å². The highest BCUT2D eigenvalue weighted by molar-refractivity contribution is 7.91. The summed E-state index contributed by atoms with van der Waals surface area (Å²) in [7, 11) is -2.93. The SMILES string of the molecule is O=C(Nc1cccc2ncccc12)c1nc(C[NH+]2CCS(=O)(=O)CC2)c2ccccn12. The first kappa shape index (κ1) is 19.7. The van der Waals surface area contributed by atoms with E-state index in [0.29, 0.717) is 31.1 Å². The van der Waals surface area contributed by atoms with E-state index in [1.807, 2.05) is 54.7 Å². The summed E-state index contributed by atoms with van der Waals surface area (Å²) in [4.78, 5) is 23.3. The van der Waals surface area contributed by atoms with Gasteiger partial charge in [0, 0.05) is 17.8 Å². The molecule has 0 atom stereocenters. The summed E-state index contributed by atoms with van der Waals surface area (Å²) in [5, 5.41) is 3.83. The maximum absolute atomic E-state index is 13.2. The number of anilines is 1. The molecule has 9 heteroatoms. The van der Waals surface area contributed by atoms with Crippen LogP contribution in [0.1, 0.15) is 16.3 Å². The lowest BCUT2D eigenvalue weighted by atomic mass is 10.2. The van der Waals surface area contributed by atoms with Crippen molar-refractivity contribution < 1.29 is 18.1 Å². The summed E-state index contributed by atoms with van der Waals surface area (Å²) in [6.07, 6.45) is 3.54. The molecule has 4 heterocycles. The Balaban J connectivity index is 1.45. The van der Waals surface area contributed by atoms with Gasteiger partial charge >= 0.3 is 0 Å². The predicted molar refractivity (Wildman–Crippen MR) is 118 cm³/mol. The van der Waals surface area contributed by atoms with Crippen molar-refractivity contribution in [1.82, 2.24) is 14.4 Å². The Kier molecular flexibility index (Phi) is 4.91. The third-order valence-corrected chi connectivity index (χ3v) is 7.32. The van der Waals surface area contributed by atoms with Crippen molar-refractivity contribution >= 4 is 37.9 Å². The minimum absolute atomic E-state index is 0.191. The van der Waals surface area contributed by atoms with E-state index in [9.17, 15) is 13.2 Å². The van der Waals surface area contributed by atoms with E-state index in [-0.39, 0.29) is 17.4 Å². The lowest BCUT2D eigenvalue weighted by Crippen LogP contribution is -3.13. The lowest BCUT2D eigenvalue weighted by Gasteiger charge is -2.22. The number of nitrogens with zero attached hydrogens (tertiary/aromatic N) is 3. The fraction of sp³-hybridized carbons (Fsp3) is 0.227. The van der Waals surface area contributed by atoms with Gasteiger partial charge in [-0.2, -0.15) is 0 Å². The maximum Gasteiger partial charge on any atom is 0.292 e. The highest BCUT2D eigenvalue weighted by Crippen LogP contribution is 2.22. The molecule has 1 aliphatic rings. The number of carbonyl (C=O) groups excluding carboxylic acids is 1. The van der Waals surface area contributed by atoms with Crippen LogP contribution in [-0.2, 0) is 16.4 Å². The summed E-state index contributed by atoms with van der Waals surface area (Å²) in [6.45, 7) is 1.69. The van der Waals surface area contributed by atoms with Crippen LogP contribution >= 0.6 is 0 Å². The van der Waals surface area contributed by atoms with Crippen molar-refractivity contribution in [3.8, 4) is 0 Å². The molecule has 5 rings (SSSR count). The first-order valence-electron chi connectivity index (χ1n) is 10.2. The highest BCUT2D eigenvalue weighted by atomic mass is 32.2. The molecule has 0 saturated carbocycles. The maximum atomic E-state index is 13.2. The number of hydrogen-bond acceptors (Lipinski definition) is 5. The molecule has 1 fully saturated rings. The molecular weight excluding hydrogens is 414 g/mol. The molecule has 4 aromatic rings. The quantitative estimate of drug-likeness (QED) is 0.496. The Morgan fingerprint density at radius 3 is 2.74 bits per heavy atom. The summed E-state index contributed by atoms with van der Waals surface area (Å²) in [5.74, 6) is 0.378. The van der Waals surface area contributed by atoms with Gasteiger partial charge < -0.3 is 10.2 Å². The van der Waals surface area contributed by atoms with E-state index in [0.717, 1.165) is 27.0 Å². The number of fused-ring (bicyclic) bond motifs is 2. The smallest absolute Gasteiger partial charge is 0.292 e. The molecule has 1 saturated heterocycles. The van der Waals surface area contributed by atoms with E-state index in [4.69, 9.17) is 0 Å². The van der Waals surface area contributed by atoms with Crippen molar-refractivity contribution in [2.75, 3.05) is 29.9 Å². The molecule has 2 N–H and O–H groups in total. The molecule has 8 nitrogen and oxygen atoms in total. The Labute approximate surface area is 179 Å². The van der Waals surface area contributed by atoms with Gasteiger partial charge in [0.25, 0.3) is 5.91 Å². The first-order valence-corrected chi connectivity index (χ1v) is 12.0. The number of imidazole rings is 1. The zero-order valence-electron chi connectivity index (χ0n) is 16.8. The van der Waals surface area contributed by atoms with Crippen molar-refractivity contribution in [3.63, 3.8) is 0 Å². The topological polar surface area (TPSA) is 97.9 Å². The average molecular weight is 437 g/mol.